The number of carbonyl (C=O) groups is 1. The highest BCUT2D eigenvalue weighted by Crippen LogP contribution is 2.28. The maximum Gasteiger partial charge on any atom is 0.332 e. The molecule has 0 atom stereocenters. The monoisotopic (exact) mass is 327 g/mol. The van der Waals surface area contributed by atoms with E-state index in [4.69, 9.17) is 15.2 Å². The van der Waals surface area contributed by atoms with Crippen LogP contribution in [-0.2, 0) is 6.61 Å². The Morgan fingerprint density at radius 3 is 2.58 bits per heavy atom. The highest BCUT2D eigenvalue weighted by molar-refractivity contribution is 5.82. The average Bonchev–Trinajstić information content (AvgIpc) is 2.55. The Morgan fingerprint density at radius 1 is 1.17 bits per heavy atom. The van der Waals surface area contributed by atoms with Crippen molar-refractivity contribution in [2.75, 3.05) is 6.61 Å². The first-order valence-electron chi connectivity index (χ1n) is 7.62. The highest BCUT2D eigenvalue weighted by Gasteiger charge is 2.06. The maximum absolute atomic E-state index is 10.6. The van der Waals surface area contributed by atoms with E-state index in [9.17, 15) is 4.79 Å². The van der Waals surface area contributed by atoms with Crippen molar-refractivity contribution in [1.82, 2.24) is 5.43 Å². The summed E-state index contributed by atoms with van der Waals surface area (Å²) in [5.41, 5.74) is 10.2. The maximum atomic E-state index is 10.6. The van der Waals surface area contributed by atoms with Crippen LogP contribution in [0.2, 0.25) is 0 Å². The lowest BCUT2D eigenvalue weighted by Crippen LogP contribution is -2.24. The number of hydrogen-bond acceptors (Lipinski definition) is 4. The van der Waals surface area contributed by atoms with E-state index in [2.05, 4.69) is 10.5 Å². The zero-order valence-corrected chi connectivity index (χ0v) is 13.8. The summed E-state index contributed by atoms with van der Waals surface area (Å²) < 4.78 is 11.5. The summed E-state index contributed by atoms with van der Waals surface area (Å²) in [7, 11) is 0. The molecule has 0 fully saturated rings. The van der Waals surface area contributed by atoms with E-state index in [1.165, 1.54) is 11.8 Å². The van der Waals surface area contributed by atoms with Gasteiger partial charge < -0.3 is 15.2 Å². The number of hydrazone groups is 1. The molecule has 0 aliphatic rings. The third-order valence-electron chi connectivity index (χ3n) is 3.17. The lowest BCUT2D eigenvalue weighted by molar-refractivity contribution is 0.249. The Hall–Kier alpha value is -3.02. The smallest absolute Gasteiger partial charge is 0.332 e. The van der Waals surface area contributed by atoms with Crippen LogP contribution >= 0.6 is 0 Å². The zero-order chi connectivity index (χ0) is 17.4. The number of urea groups is 1. The molecule has 0 spiro atoms. The fourth-order valence-electron chi connectivity index (χ4n) is 2.01. The fourth-order valence-corrected chi connectivity index (χ4v) is 2.01. The molecule has 24 heavy (non-hydrogen) atoms. The molecule has 2 aromatic carbocycles. The largest absolute Gasteiger partial charge is 0.490 e. The molecule has 2 rings (SSSR count). The van der Waals surface area contributed by atoms with E-state index in [-0.39, 0.29) is 0 Å². The third-order valence-corrected chi connectivity index (χ3v) is 3.17. The van der Waals surface area contributed by atoms with Gasteiger partial charge in [0, 0.05) is 0 Å². The molecule has 0 unspecified atom stereocenters. The van der Waals surface area contributed by atoms with Gasteiger partial charge in [0.05, 0.1) is 12.8 Å². The second-order valence-electron chi connectivity index (χ2n) is 5.15. The van der Waals surface area contributed by atoms with Crippen molar-refractivity contribution in [2.45, 2.75) is 20.5 Å². The molecule has 3 N–H and O–H groups in total. The van der Waals surface area contributed by atoms with Crippen LogP contribution in [0.3, 0.4) is 0 Å². The van der Waals surface area contributed by atoms with Crippen LogP contribution in [-0.4, -0.2) is 18.9 Å². The highest BCUT2D eigenvalue weighted by atomic mass is 16.5. The van der Waals surface area contributed by atoms with Crippen molar-refractivity contribution >= 4 is 12.2 Å². The molecule has 0 saturated heterocycles. The molecule has 0 heterocycles. The van der Waals surface area contributed by atoms with Gasteiger partial charge in [0.15, 0.2) is 11.5 Å². The lowest BCUT2D eigenvalue weighted by atomic mass is 10.2. The minimum Gasteiger partial charge on any atom is -0.490 e. The number of hydrogen-bond donors (Lipinski definition) is 2. The van der Waals surface area contributed by atoms with Gasteiger partial charge in [0.1, 0.15) is 6.61 Å². The van der Waals surface area contributed by atoms with Gasteiger partial charge in [-0.05, 0) is 43.2 Å². The SMILES string of the molecule is CCOc1cc(/C=N/NC(N)=O)ccc1OCc1ccc(C)cc1. The molecule has 0 aliphatic heterocycles. The topological polar surface area (TPSA) is 85.9 Å². The zero-order valence-electron chi connectivity index (χ0n) is 13.8. The van der Waals surface area contributed by atoms with Crippen LogP contribution in [0, 0.1) is 6.92 Å². The third kappa shape index (κ3) is 5.31. The van der Waals surface area contributed by atoms with Crippen LogP contribution in [0.4, 0.5) is 4.79 Å². The van der Waals surface area contributed by atoms with Crippen molar-refractivity contribution in [3.05, 3.63) is 59.2 Å². The van der Waals surface area contributed by atoms with Gasteiger partial charge in [-0.3, -0.25) is 0 Å². The number of primary amides is 1. The predicted molar refractivity (Wildman–Crippen MR) is 93.4 cm³/mol. The first kappa shape index (κ1) is 17.3. The first-order valence-corrected chi connectivity index (χ1v) is 7.62. The number of ether oxygens (including phenoxy) is 2. The second-order valence-corrected chi connectivity index (χ2v) is 5.15. The van der Waals surface area contributed by atoms with Crippen LogP contribution in [0.25, 0.3) is 0 Å². The minimum atomic E-state index is -0.714. The van der Waals surface area contributed by atoms with Gasteiger partial charge in [-0.25, -0.2) is 10.2 Å². The van der Waals surface area contributed by atoms with Gasteiger partial charge in [0.2, 0.25) is 0 Å². The van der Waals surface area contributed by atoms with E-state index >= 15 is 0 Å². The molecule has 0 radical (unpaired) electrons. The predicted octanol–water partition coefficient (Wildman–Crippen LogP) is 2.97. The van der Waals surface area contributed by atoms with E-state index in [1.54, 1.807) is 6.07 Å². The number of nitrogens with two attached hydrogens (primary N) is 1. The van der Waals surface area contributed by atoms with E-state index in [1.807, 2.05) is 50.2 Å². The Bertz CT molecular complexity index is 712. The normalized spacial score (nSPS) is 10.6. The van der Waals surface area contributed by atoms with Crippen LogP contribution in [0.1, 0.15) is 23.6 Å². The Morgan fingerprint density at radius 2 is 1.92 bits per heavy atom. The summed E-state index contributed by atoms with van der Waals surface area (Å²) in [6, 6.07) is 12.9. The summed E-state index contributed by atoms with van der Waals surface area (Å²) in [5.74, 6) is 1.27. The molecule has 0 bridgehead atoms. The Labute approximate surface area is 141 Å². The van der Waals surface area contributed by atoms with Crippen molar-refractivity contribution in [1.29, 1.82) is 0 Å². The summed E-state index contributed by atoms with van der Waals surface area (Å²) >= 11 is 0. The van der Waals surface area contributed by atoms with Crippen molar-refractivity contribution in [3.63, 3.8) is 0 Å². The van der Waals surface area contributed by atoms with Gasteiger partial charge >= 0.3 is 6.03 Å². The molecule has 6 nitrogen and oxygen atoms in total. The van der Waals surface area contributed by atoms with Gasteiger partial charge in [-0.2, -0.15) is 5.10 Å². The van der Waals surface area contributed by atoms with Gasteiger partial charge in [-0.1, -0.05) is 29.8 Å². The van der Waals surface area contributed by atoms with E-state index in [0.29, 0.717) is 24.7 Å². The number of carbonyl (C=O) groups excluding carboxylic acids is 1. The molecule has 6 heteroatoms. The van der Waals surface area contributed by atoms with E-state index < -0.39 is 6.03 Å². The quantitative estimate of drug-likeness (QED) is 0.605. The molecule has 0 aromatic heterocycles. The number of nitrogens with one attached hydrogen (secondary N) is 1. The molecule has 0 saturated carbocycles. The van der Waals surface area contributed by atoms with Crippen LogP contribution < -0.4 is 20.6 Å². The summed E-state index contributed by atoms with van der Waals surface area (Å²) in [4.78, 5) is 10.6. The van der Waals surface area contributed by atoms with Crippen molar-refractivity contribution in [2.24, 2.45) is 10.8 Å². The summed E-state index contributed by atoms with van der Waals surface area (Å²) in [6.07, 6.45) is 1.48. The first-order chi connectivity index (χ1) is 11.6. The fraction of sp³-hybridized carbons (Fsp3) is 0.222. The molecule has 0 aliphatic carbocycles. The van der Waals surface area contributed by atoms with Crippen LogP contribution in [0.5, 0.6) is 11.5 Å². The number of benzene rings is 2. The van der Waals surface area contributed by atoms with E-state index in [0.717, 1.165) is 11.1 Å². The van der Waals surface area contributed by atoms with Crippen LogP contribution in [0.15, 0.2) is 47.6 Å². The summed E-state index contributed by atoms with van der Waals surface area (Å²) in [6.45, 7) is 4.92. The summed E-state index contributed by atoms with van der Waals surface area (Å²) in [5, 5.41) is 3.73. The standard InChI is InChI=1S/C18H21N3O3/c1-3-23-17-10-15(11-20-21-18(19)22)8-9-16(17)24-12-14-6-4-13(2)5-7-14/h4-11H,3,12H2,1-2H3,(H3,19,21,22)/b20-11+. The Balaban J connectivity index is 2.09. The average molecular weight is 327 g/mol. The van der Waals surface area contributed by atoms with Gasteiger partial charge in [-0.15, -0.1) is 0 Å². The molecule has 126 valence electrons. The number of aryl methyl sites for hydroxylation is 1. The lowest BCUT2D eigenvalue weighted by Gasteiger charge is -2.12. The molecule has 2 amide bonds. The number of nitrogens with zero attached hydrogens (tertiary/aromatic N) is 1. The molecule has 2 aromatic rings. The molecular weight excluding hydrogens is 306 g/mol. The Kier molecular flexibility index (Phi) is 6.19. The van der Waals surface area contributed by atoms with Crippen molar-refractivity contribution in [3.8, 4) is 11.5 Å². The number of amides is 2. The molecular formula is C18H21N3O3. The minimum absolute atomic E-state index is 0.455. The second kappa shape index (κ2) is 8.57. The van der Waals surface area contributed by atoms with Crippen molar-refractivity contribution < 1.29 is 14.3 Å². The number of rotatable bonds is 7. The van der Waals surface area contributed by atoms with Gasteiger partial charge in [0.25, 0.3) is 0 Å².